The number of nitrogens with zero attached hydrogens (tertiary/aromatic N) is 4. The highest BCUT2D eigenvalue weighted by molar-refractivity contribution is 6.02. The molecule has 28 heavy (non-hydrogen) atoms. The van der Waals surface area contributed by atoms with Gasteiger partial charge in [0.05, 0.1) is 35.7 Å². The Hall–Kier alpha value is -3.49. The molecule has 9 nitrogen and oxygen atoms in total. The van der Waals surface area contributed by atoms with Crippen LogP contribution in [-0.2, 0) is 34.5 Å². The zero-order chi connectivity index (χ0) is 19.7. The molecular weight excluding hydrogens is 360 g/mol. The van der Waals surface area contributed by atoms with Gasteiger partial charge < -0.3 is 9.88 Å². The molecule has 9 heteroatoms. The molecule has 1 saturated heterocycles. The molecule has 1 aliphatic heterocycles. The molecule has 1 aliphatic rings. The maximum Gasteiger partial charge on any atom is 0.242 e. The zero-order valence-electron chi connectivity index (χ0n) is 15.4. The third-order valence-corrected chi connectivity index (χ3v) is 4.93. The minimum atomic E-state index is -0.499. The minimum Gasteiger partial charge on any atom is -0.349 e. The van der Waals surface area contributed by atoms with Gasteiger partial charge in [0.2, 0.25) is 17.7 Å². The van der Waals surface area contributed by atoms with Gasteiger partial charge in [-0.3, -0.25) is 24.4 Å². The second kappa shape index (κ2) is 7.26. The van der Waals surface area contributed by atoms with Crippen LogP contribution in [0.25, 0.3) is 10.9 Å². The molecule has 144 valence electrons. The molecule has 0 saturated carbocycles. The van der Waals surface area contributed by atoms with Crippen molar-refractivity contribution >= 4 is 28.6 Å². The highest BCUT2D eigenvalue weighted by Crippen LogP contribution is 2.30. The van der Waals surface area contributed by atoms with E-state index in [1.165, 1.54) is 0 Å². The molecule has 1 fully saturated rings. The van der Waals surface area contributed by atoms with Gasteiger partial charge in [0.25, 0.3) is 0 Å². The molecule has 3 amide bonds. The number of benzene rings is 1. The fourth-order valence-electron chi connectivity index (χ4n) is 3.42. The largest absolute Gasteiger partial charge is 0.349 e. The Morgan fingerprint density at radius 3 is 2.89 bits per heavy atom. The lowest BCUT2D eigenvalue weighted by Crippen LogP contribution is -2.39. The summed E-state index contributed by atoms with van der Waals surface area (Å²) in [7, 11) is 1.86. The summed E-state index contributed by atoms with van der Waals surface area (Å²) in [4.78, 5) is 40.2. The van der Waals surface area contributed by atoms with Crippen LogP contribution >= 0.6 is 0 Å². The summed E-state index contributed by atoms with van der Waals surface area (Å²) in [6.07, 6.45) is 4.07. The van der Waals surface area contributed by atoms with E-state index in [0.717, 1.165) is 16.6 Å². The first-order chi connectivity index (χ1) is 13.5. The van der Waals surface area contributed by atoms with Gasteiger partial charge >= 0.3 is 0 Å². The molecule has 1 atom stereocenters. The zero-order valence-corrected chi connectivity index (χ0v) is 15.4. The van der Waals surface area contributed by atoms with Crippen LogP contribution in [0.15, 0.2) is 36.8 Å². The van der Waals surface area contributed by atoms with Gasteiger partial charge in [-0.15, -0.1) is 0 Å². The third-order valence-electron chi connectivity index (χ3n) is 4.93. The van der Waals surface area contributed by atoms with E-state index in [1.807, 2.05) is 35.9 Å². The van der Waals surface area contributed by atoms with E-state index in [1.54, 1.807) is 17.2 Å². The molecule has 2 aromatic heterocycles. The molecule has 1 unspecified atom stereocenters. The quantitative estimate of drug-likeness (QED) is 0.630. The summed E-state index contributed by atoms with van der Waals surface area (Å²) >= 11 is 0. The Bertz CT molecular complexity index is 1070. The third kappa shape index (κ3) is 3.38. The number of nitrogens with one attached hydrogen (secondary N) is 2. The van der Waals surface area contributed by atoms with Gasteiger partial charge in [-0.1, -0.05) is 18.2 Å². The highest BCUT2D eigenvalue weighted by Gasteiger charge is 2.31. The van der Waals surface area contributed by atoms with E-state index < -0.39 is 5.92 Å². The molecule has 3 aromatic rings. The number of rotatable bonds is 5. The van der Waals surface area contributed by atoms with Gasteiger partial charge in [0.15, 0.2) is 0 Å². The summed E-state index contributed by atoms with van der Waals surface area (Å²) in [6.45, 7) is 0.403. The molecule has 0 spiro atoms. The molecule has 4 rings (SSSR count). The van der Waals surface area contributed by atoms with Crippen molar-refractivity contribution in [1.29, 1.82) is 0 Å². The standard InChI is InChI=1S/C19H20N6O3/c1-24-11-20-8-12(24)9-21-17(27)10-25-15-5-3-2-4-13(15)18(23-25)14-6-7-16(26)22-19(14)28/h2-5,8,11,14H,6-7,9-10H2,1H3,(H,21,27)(H,22,26,28). The average Bonchev–Trinajstić information content (AvgIpc) is 3.24. The summed E-state index contributed by atoms with van der Waals surface area (Å²) in [5, 5.41) is 10.6. The van der Waals surface area contributed by atoms with Crippen molar-refractivity contribution in [1.82, 2.24) is 30.0 Å². The number of carbonyl (C=O) groups is 3. The lowest BCUT2D eigenvalue weighted by Gasteiger charge is -2.19. The summed E-state index contributed by atoms with van der Waals surface area (Å²) in [6, 6.07) is 7.48. The van der Waals surface area contributed by atoms with Crippen LogP contribution in [0.3, 0.4) is 0 Å². The predicted octanol–water partition coefficient (Wildman–Crippen LogP) is 0.606. The molecular formula is C19H20N6O3. The number of fused-ring (bicyclic) bond motifs is 1. The number of hydrogen-bond acceptors (Lipinski definition) is 5. The molecule has 0 radical (unpaired) electrons. The number of imidazole rings is 1. The monoisotopic (exact) mass is 380 g/mol. The van der Waals surface area contributed by atoms with Crippen LogP contribution < -0.4 is 10.6 Å². The fourth-order valence-corrected chi connectivity index (χ4v) is 3.42. The van der Waals surface area contributed by atoms with Crippen molar-refractivity contribution in [2.45, 2.75) is 31.8 Å². The molecule has 0 aliphatic carbocycles. The SMILES string of the molecule is Cn1cncc1CNC(=O)Cn1nc(C2CCC(=O)NC2=O)c2ccccc21. The van der Waals surface area contributed by atoms with E-state index in [0.29, 0.717) is 18.7 Å². The topological polar surface area (TPSA) is 111 Å². The number of aryl methyl sites for hydroxylation is 1. The number of aromatic nitrogens is 4. The smallest absolute Gasteiger partial charge is 0.242 e. The van der Waals surface area contributed by atoms with Crippen LogP contribution in [0.5, 0.6) is 0 Å². The van der Waals surface area contributed by atoms with Crippen molar-refractivity contribution in [3.63, 3.8) is 0 Å². The van der Waals surface area contributed by atoms with Crippen LogP contribution in [-0.4, -0.2) is 37.1 Å². The number of imide groups is 1. The number of hydrogen-bond donors (Lipinski definition) is 2. The number of piperidine rings is 1. The Kier molecular flexibility index (Phi) is 4.64. The fraction of sp³-hybridized carbons (Fsp3) is 0.316. The lowest BCUT2D eigenvalue weighted by molar-refractivity contribution is -0.134. The number of amides is 3. The number of para-hydroxylation sites is 1. The first-order valence-electron chi connectivity index (χ1n) is 9.04. The normalized spacial score (nSPS) is 17.0. The van der Waals surface area contributed by atoms with E-state index in [9.17, 15) is 14.4 Å². The van der Waals surface area contributed by atoms with Gasteiger partial charge in [-0.25, -0.2) is 4.98 Å². The Labute approximate surface area is 160 Å². The second-order valence-corrected chi connectivity index (χ2v) is 6.84. The molecule has 3 heterocycles. The summed E-state index contributed by atoms with van der Waals surface area (Å²) in [5.74, 6) is -1.29. The van der Waals surface area contributed by atoms with Crippen LogP contribution in [0.1, 0.15) is 30.1 Å². The van der Waals surface area contributed by atoms with Crippen LogP contribution in [0.4, 0.5) is 0 Å². The van der Waals surface area contributed by atoms with E-state index in [4.69, 9.17) is 0 Å². The van der Waals surface area contributed by atoms with Crippen molar-refractivity contribution in [2.75, 3.05) is 0 Å². The maximum atomic E-state index is 12.4. The van der Waals surface area contributed by atoms with Crippen molar-refractivity contribution in [3.05, 3.63) is 48.2 Å². The van der Waals surface area contributed by atoms with E-state index in [-0.39, 0.29) is 30.7 Å². The van der Waals surface area contributed by atoms with E-state index >= 15 is 0 Å². The predicted molar refractivity (Wildman–Crippen MR) is 99.9 cm³/mol. The summed E-state index contributed by atoms with van der Waals surface area (Å²) in [5.41, 5.74) is 2.26. The first-order valence-corrected chi connectivity index (χ1v) is 9.04. The maximum absolute atomic E-state index is 12.4. The van der Waals surface area contributed by atoms with Gasteiger partial charge in [-0.2, -0.15) is 5.10 Å². The van der Waals surface area contributed by atoms with Crippen molar-refractivity contribution in [2.24, 2.45) is 7.05 Å². The van der Waals surface area contributed by atoms with Crippen molar-refractivity contribution in [3.8, 4) is 0 Å². The van der Waals surface area contributed by atoms with Crippen LogP contribution in [0, 0.1) is 0 Å². The molecule has 1 aromatic carbocycles. The Morgan fingerprint density at radius 1 is 1.32 bits per heavy atom. The van der Waals surface area contributed by atoms with Gasteiger partial charge in [0, 0.05) is 25.1 Å². The average molecular weight is 380 g/mol. The second-order valence-electron chi connectivity index (χ2n) is 6.84. The van der Waals surface area contributed by atoms with Gasteiger partial charge in [-0.05, 0) is 12.5 Å². The van der Waals surface area contributed by atoms with E-state index in [2.05, 4.69) is 20.7 Å². The number of carbonyl (C=O) groups excluding carboxylic acids is 3. The highest BCUT2D eigenvalue weighted by atomic mass is 16.2. The Balaban J connectivity index is 1.56. The van der Waals surface area contributed by atoms with Gasteiger partial charge in [0.1, 0.15) is 6.54 Å². The Morgan fingerprint density at radius 2 is 2.14 bits per heavy atom. The molecule has 2 N–H and O–H groups in total. The molecule has 0 bridgehead atoms. The first kappa shape index (κ1) is 17.9. The lowest BCUT2D eigenvalue weighted by atomic mass is 9.93. The minimum absolute atomic E-state index is 0.0334. The summed E-state index contributed by atoms with van der Waals surface area (Å²) < 4.78 is 3.44. The van der Waals surface area contributed by atoms with Crippen molar-refractivity contribution < 1.29 is 14.4 Å². The van der Waals surface area contributed by atoms with Crippen LogP contribution in [0.2, 0.25) is 0 Å².